The van der Waals surface area contributed by atoms with Crippen LogP contribution in [0, 0.1) is 0 Å². The summed E-state index contributed by atoms with van der Waals surface area (Å²) in [5.74, 6) is 0.884. The maximum Gasteiger partial charge on any atom is 0.144 e. The van der Waals surface area contributed by atoms with E-state index < -0.39 is 0 Å². The number of rotatable bonds is 4. The van der Waals surface area contributed by atoms with Crippen molar-refractivity contribution in [2.75, 3.05) is 4.90 Å². The molecule has 1 aliphatic heterocycles. The standard InChI is InChI=1S/C37H25N5/c1-2-11-28(12-3-1)41-23-22-40-37(41)27-18-19-30-31-15-9-21-39-36(31)32-14-4-5-17-34(32)42(35(30)25-27)29-13-8-10-26(24-29)33-16-6-7-20-38-33/h1-25H. The normalized spacial score (nSPS) is 11.8. The smallest absolute Gasteiger partial charge is 0.144 e. The number of aromatic nitrogens is 4. The van der Waals surface area contributed by atoms with Gasteiger partial charge in [-0.2, -0.15) is 0 Å². The molecule has 0 fully saturated rings. The van der Waals surface area contributed by atoms with Gasteiger partial charge in [0.1, 0.15) is 5.82 Å². The average Bonchev–Trinajstić information content (AvgIpc) is 3.52. The first-order valence-corrected chi connectivity index (χ1v) is 13.9. The lowest BCUT2D eigenvalue weighted by Gasteiger charge is -2.28. The molecule has 7 aromatic rings. The van der Waals surface area contributed by atoms with Gasteiger partial charge in [0.2, 0.25) is 0 Å². The highest BCUT2D eigenvalue weighted by atomic mass is 15.2. The third-order valence-electron chi connectivity index (χ3n) is 7.73. The zero-order valence-electron chi connectivity index (χ0n) is 22.7. The highest BCUT2D eigenvalue weighted by Crippen LogP contribution is 2.51. The second-order valence-electron chi connectivity index (χ2n) is 10.2. The van der Waals surface area contributed by atoms with Crippen LogP contribution in [0.1, 0.15) is 0 Å². The fraction of sp³-hybridized carbons (Fsp3) is 0. The molecule has 0 amide bonds. The van der Waals surface area contributed by atoms with Crippen molar-refractivity contribution in [3.63, 3.8) is 0 Å². The molecule has 42 heavy (non-hydrogen) atoms. The van der Waals surface area contributed by atoms with Crippen molar-refractivity contribution in [1.29, 1.82) is 0 Å². The molecular weight excluding hydrogens is 514 g/mol. The van der Waals surface area contributed by atoms with Gasteiger partial charge < -0.3 is 4.90 Å². The molecule has 198 valence electrons. The van der Waals surface area contributed by atoms with Crippen molar-refractivity contribution in [1.82, 2.24) is 19.5 Å². The van der Waals surface area contributed by atoms with Gasteiger partial charge >= 0.3 is 0 Å². The van der Waals surface area contributed by atoms with Crippen LogP contribution < -0.4 is 4.90 Å². The third kappa shape index (κ3) is 3.99. The van der Waals surface area contributed by atoms with Gasteiger partial charge in [-0.1, -0.05) is 72.8 Å². The van der Waals surface area contributed by atoms with Crippen LogP contribution in [-0.4, -0.2) is 19.5 Å². The van der Waals surface area contributed by atoms with Crippen LogP contribution in [0.3, 0.4) is 0 Å². The maximum absolute atomic E-state index is 4.89. The molecule has 0 radical (unpaired) electrons. The van der Waals surface area contributed by atoms with Gasteiger partial charge in [-0.15, -0.1) is 0 Å². The zero-order valence-corrected chi connectivity index (χ0v) is 22.7. The molecule has 5 heteroatoms. The summed E-state index contributed by atoms with van der Waals surface area (Å²) < 4.78 is 2.13. The fourth-order valence-corrected chi connectivity index (χ4v) is 5.85. The van der Waals surface area contributed by atoms with Crippen LogP contribution in [0.5, 0.6) is 0 Å². The summed E-state index contributed by atoms with van der Waals surface area (Å²) in [6, 6.07) is 44.2. The number of nitrogens with zero attached hydrogens (tertiary/aromatic N) is 5. The Morgan fingerprint density at radius 3 is 2.17 bits per heavy atom. The molecule has 0 spiro atoms. The summed E-state index contributed by atoms with van der Waals surface area (Å²) in [4.78, 5) is 16.7. The number of benzene rings is 4. The third-order valence-corrected chi connectivity index (χ3v) is 7.73. The lowest BCUT2D eigenvalue weighted by Crippen LogP contribution is -2.11. The Morgan fingerprint density at radius 1 is 0.452 bits per heavy atom. The lowest BCUT2D eigenvalue weighted by molar-refractivity contribution is 1.07. The van der Waals surface area contributed by atoms with E-state index in [1.807, 2.05) is 67.3 Å². The van der Waals surface area contributed by atoms with Crippen LogP contribution in [-0.2, 0) is 0 Å². The van der Waals surface area contributed by atoms with E-state index >= 15 is 0 Å². The minimum atomic E-state index is 0.884. The minimum absolute atomic E-state index is 0.884. The molecule has 0 atom stereocenters. The number of imidazole rings is 1. The number of fused-ring (bicyclic) bond motifs is 5. The van der Waals surface area contributed by atoms with Gasteiger partial charge in [0, 0.05) is 64.0 Å². The fourth-order valence-electron chi connectivity index (χ4n) is 5.85. The Bertz CT molecular complexity index is 2050. The summed E-state index contributed by atoms with van der Waals surface area (Å²) in [6.45, 7) is 0. The Morgan fingerprint density at radius 2 is 1.26 bits per heavy atom. The summed E-state index contributed by atoms with van der Waals surface area (Å²) in [5.41, 5.74) is 11.5. The van der Waals surface area contributed by atoms with E-state index in [0.717, 1.165) is 67.8 Å². The summed E-state index contributed by atoms with van der Waals surface area (Å²) in [5, 5.41) is 0. The van der Waals surface area contributed by atoms with E-state index in [2.05, 4.69) is 99.4 Å². The highest BCUT2D eigenvalue weighted by molar-refractivity contribution is 6.02. The van der Waals surface area contributed by atoms with Crippen molar-refractivity contribution in [2.24, 2.45) is 0 Å². The highest BCUT2D eigenvalue weighted by Gasteiger charge is 2.27. The molecule has 8 rings (SSSR count). The van der Waals surface area contributed by atoms with E-state index in [-0.39, 0.29) is 0 Å². The Balaban J connectivity index is 1.39. The molecule has 0 unspecified atom stereocenters. The molecule has 0 saturated carbocycles. The van der Waals surface area contributed by atoms with Gasteiger partial charge in [0.25, 0.3) is 0 Å². The largest absolute Gasteiger partial charge is 0.309 e. The summed E-state index contributed by atoms with van der Waals surface area (Å²) in [7, 11) is 0. The van der Waals surface area contributed by atoms with Gasteiger partial charge in [-0.05, 0) is 54.6 Å². The second-order valence-corrected chi connectivity index (χ2v) is 10.2. The quantitative estimate of drug-likeness (QED) is 0.224. The van der Waals surface area contributed by atoms with Crippen molar-refractivity contribution in [3.05, 3.63) is 152 Å². The first-order valence-electron chi connectivity index (χ1n) is 13.9. The summed E-state index contributed by atoms with van der Waals surface area (Å²) >= 11 is 0. The Kier molecular flexibility index (Phi) is 5.71. The molecule has 4 heterocycles. The molecule has 0 N–H and O–H groups in total. The van der Waals surface area contributed by atoms with Crippen molar-refractivity contribution in [2.45, 2.75) is 0 Å². The molecule has 0 aliphatic carbocycles. The molecular formula is C37H25N5. The van der Waals surface area contributed by atoms with E-state index in [4.69, 9.17) is 9.97 Å². The Hall–Kier alpha value is -5.81. The van der Waals surface area contributed by atoms with E-state index in [1.165, 1.54) is 0 Å². The molecule has 0 saturated heterocycles. The number of para-hydroxylation sites is 2. The first kappa shape index (κ1) is 24.0. The number of anilines is 3. The van der Waals surface area contributed by atoms with Gasteiger partial charge in [0.05, 0.1) is 22.8 Å². The zero-order chi connectivity index (χ0) is 27.9. The average molecular weight is 540 g/mol. The van der Waals surface area contributed by atoms with E-state index in [1.54, 1.807) is 0 Å². The molecule has 5 nitrogen and oxygen atoms in total. The van der Waals surface area contributed by atoms with Crippen LogP contribution in [0.25, 0.3) is 50.7 Å². The van der Waals surface area contributed by atoms with Crippen molar-refractivity contribution in [3.8, 4) is 50.7 Å². The number of hydrogen-bond acceptors (Lipinski definition) is 4. The summed E-state index contributed by atoms with van der Waals surface area (Å²) in [6.07, 6.45) is 7.58. The molecule has 1 aliphatic rings. The van der Waals surface area contributed by atoms with Gasteiger partial charge in [0.15, 0.2) is 0 Å². The topological polar surface area (TPSA) is 46.8 Å². The van der Waals surface area contributed by atoms with Crippen LogP contribution in [0.15, 0.2) is 152 Å². The maximum atomic E-state index is 4.89. The van der Waals surface area contributed by atoms with Crippen molar-refractivity contribution >= 4 is 17.1 Å². The van der Waals surface area contributed by atoms with E-state index in [0.29, 0.717) is 0 Å². The number of pyridine rings is 2. The van der Waals surface area contributed by atoms with Crippen molar-refractivity contribution < 1.29 is 0 Å². The van der Waals surface area contributed by atoms with Crippen LogP contribution >= 0.6 is 0 Å². The monoisotopic (exact) mass is 539 g/mol. The van der Waals surface area contributed by atoms with E-state index in [9.17, 15) is 0 Å². The molecule has 0 bridgehead atoms. The second kappa shape index (κ2) is 9.98. The SMILES string of the molecule is c1ccc(-n2ccnc2-c2ccc3c(c2)N(c2cccc(-c4ccccn4)c2)c2ccccc2-c2ncccc2-3)cc1. The van der Waals surface area contributed by atoms with Gasteiger partial charge in [-0.25, -0.2) is 4.98 Å². The van der Waals surface area contributed by atoms with Gasteiger partial charge in [-0.3, -0.25) is 14.5 Å². The predicted octanol–water partition coefficient (Wildman–Crippen LogP) is 9.11. The molecule has 4 aromatic carbocycles. The first-order chi connectivity index (χ1) is 20.8. The van der Waals surface area contributed by atoms with Crippen LogP contribution in [0.4, 0.5) is 17.1 Å². The predicted molar refractivity (Wildman–Crippen MR) is 169 cm³/mol. The minimum Gasteiger partial charge on any atom is -0.309 e. The molecule has 3 aromatic heterocycles. The van der Waals surface area contributed by atoms with Crippen LogP contribution in [0.2, 0.25) is 0 Å². The number of hydrogen-bond donors (Lipinski definition) is 0. The lowest BCUT2D eigenvalue weighted by atomic mass is 9.98. The Labute approximate surface area is 244 Å².